The number of nitrogens with one attached hydrogen (secondary N) is 1. The summed E-state index contributed by atoms with van der Waals surface area (Å²) in [4.78, 5) is 25.4. The summed E-state index contributed by atoms with van der Waals surface area (Å²) in [5, 5.41) is 3.95. The molecule has 2 aromatic carbocycles. The first-order valence-electron chi connectivity index (χ1n) is 7.78. The third kappa shape index (κ3) is 2.31. The molecule has 1 aliphatic rings. The number of pyridine rings is 1. The molecule has 0 saturated heterocycles. The van der Waals surface area contributed by atoms with E-state index in [1.54, 1.807) is 36.5 Å². The molecule has 0 aliphatic carbocycles. The summed E-state index contributed by atoms with van der Waals surface area (Å²) in [5.41, 5.74) is 2.62. The van der Waals surface area contributed by atoms with Crippen LogP contribution in [0.3, 0.4) is 0 Å². The van der Waals surface area contributed by atoms with Gasteiger partial charge in [0.05, 0.1) is 5.52 Å². The molecule has 0 spiro atoms. The molecule has 0 unspecified atom stereocenters. The van der Waals surface area contributed by atoms with E-state index in [4.69, 9.17) is 11.6 Å². The highest BCUT2D eigenvalue weighted by molar-refractivity contribution is 6.30. The monoisotopic (exact) mass is 338 g/mol. The number of amides is 1. The highest BCUT2D eigenvalue weighted by Crippen LogP contribution is 2.31. The van der Waals surface area contributed by atoms with Crippen LogP contribution in [0.4, 0.5) is 5.69 Å². The topological polar surface area (TPSA) is 51.1 Å². The Hall–Kier alpha value is -2.59. The molecule has 4 nitrogen and oxygen atoms in total. The number of hydrogen-bond acceptors (Lipinski definition) is 2. The highest BCUT2D eigenvalue weighted by Gasteiger charge is 2.24. The first-order valence-corrected chi connectivity index (χ1v) is 8.16. The van der Waals surface area contributed by atoms with Crippen LogP contribution in [0.5, 0.6) is 0 Å². The van der Waals surface area contributed by atoms with Crippen molar-refractivity contribution in [2.45, 2.75) is 19.4 Å². The van der Waals surface area contributed by atoms with Gasteiger partial charge in [0.1, 0.15) is 5.56 Å². The highest BCUT2D eigenvalue weighted by atomic mass is 35.5. The summed E-state index contributed by atoms with van der Waals surface area (Å²) in [6.07, 6.45) is 2.55. The smallest absolute Gasteiger partial charge is 0.261 e. The molecule has 0 bridgehead atoms. The van der Waals surface area contributed by atoms with Crippen LogP contribution < -0.4 is 10.7 Å². The minimum absolute atomic E-state index is 0.156. The minimum atomic E-state index is -0.405. The molecule has 0 saturated carbocycles. The van der Waals surface area contributed by atoms with E-state index in [0.717, 1.165) is 17.5 Å². The number of halogens is 1. The first kappa shape index (κ1) is 15.0. The second-order valence-electron chi connectivity index (χ2n) is 6.11. The number of carbonyl (C=O) groups is 1. The maximum atomic E-state index is 12.8. The van der Waals surface area contributed by atoms with Crippen LogP contribution in [-0.4, -0.2) is 10.5 Å². The molecule has 4 rings (SSSR count). The van der Waals surface area contributed by atoms with Crippen LogP contribution >= 0.6 is 11.6 Å². The molecule has 1 aromatic heterocycles. The Morgan fingerprint density at radius 3 is 2.71 bits per heavy atom. The van der Waals surface area contributed by atoms with Gasteiger partial charge in [-0.3, -0.25) is 9.59 Å². The van der Waals surface area contributed by atoms with Crippen LogP contribution in [-0.2, 0) is 6.42 Å². The lowest BCUT2D eigenvalue weighted by molar-refractivity contribution is 0.102. The van der Waals surface area contributed by atoms with E-state index < -0.39 is 5.91 Å². The van der Waals surface area contributed by atoms with E-state index in [-0.39, 0.29) is 17.0 Å². The molecule has 1 N–H and O–H groups in total. The zero-order valence-corrected chi connectivity index (χ0v) is 13.8. The second kappa shape index (κ2) is 5.49. The standard InChI is InChI=1S/C19H15ClN2O2/c1-11-9-12-3-2-4-15-17(12)22(11)10-16(18(15)23)19(24)21-14-7-5-13(20)6-8-14/h2-8,10-11H,9H2,1H3,(H,21,24)/t11-/m0/s1. The van der Waals surface area contributed by atoms with Crippen molar-refractivity contribution < 1.29 is 4.79 Å². The lowest BCUT2D eigenvalue weighted by Gasteiger charge is -2.12. The van der Waals surface area contributed by atoms with E-state index in [9.17, 15) is 9.59 Å². The van der Waals surface area contributed by atoms with Crippen molar-refractivity contribution in [3.63, 3.8) is 0 Å². The summed E-state index contributed by atoms with van der Waals surface area (Å²) < 4.78 is 2.03. The van der Waals surface area contributed by atoms with Gasteiger partial charge in [-0.1, -0.05) is 23.7 Å². The molecular formula is C19H15ClN2O2. The predicted octanol–water partition coefficient (Wildman–Crippen LogP) is 4.02. The summed E-state index contributed by atoms with van der Waals surface area (Å²) in [7, 11) is 0. The van der Waals surface area contributed by atoms with Crippen molar-refractivity contribution in [1.29, 1.82) is 0 Å². The molecule has 1 atom stereocenters. The van der Waals surface area contributed by atoms with Gasteiger partial charge in [0.25, 0.3) is 5.91 Å². The Labute approximate surface area is 143 Å². The third-order valence-electron chi connectivity index (χ3n) is 4.47. The molecule has 2 heterocycles. The fraction of sp³-hybridized carbons (Fsp3) is 0.158. The molecule has 1 amide bonds. The van der Waals surface area contributed by atoms with E-state index >= 15 is 0 Å². The number of carbonyl (C=O) groups excluding carboxylic acids is 1. The summed E-state index contributed by atoms with van der Waals surface area (Å²) in [6, 6.07) is 12.7. The Kier molecular flexibility index (Phi) is 3.43. The van der Waals surface area contributed by atoms with Crippen LogP contribution in [0.2, 0.25) is 5.02 Å². The number of aromatic nitrogens is 1. The lowest BCUT2D eigenvalue weighted by atomic mass is 10.1. The van der Waals surface area contributed by atoms with Gasteiger partial charge < -0.3 is 9.88 Å². The Bertz CT molecular complexity index is 1020. The molecule has 1 aliphatic heterocycles. The van der Waals surface area contributed by atoms with Crippen LogP contribution in [0.15, 0.2) is 53.5 Å². The number of benzene rings is 2. The van der Waals surface area contributed by atoms with Crippen molar-refractivity contribution >= 4 is 34.1 Å². The van der Waals surface area contributed by atoms with Gasteiger partial charge in [-0.2, -0.15) is 0 Å². The number of hydrogen-bond donors (Lipinski definition) is 1. The van der Waals surface area contributed by atoms with Gasteiger partial charge in [-0.25, -0.2) is 0 Å². The van der Waals surface area contributed by atoms with E-state index in [1.165, 1.54) is 0 Å². The quantitative estimate of drug-likeness (QED) is 0.767. The second-order valence-corrected chi connectivity index (χ2v) is 6.54. The zero-order chi connectivity index (χ0) is 16.8. The van der Waals surface area contributed by atoms with Gasteiger partial charge in [-0.15, -0.1) is 0 Å². The minimum Gasteiger partial charge on any atom is -0.343 e. The fourth-order valence-electron chi connectivity index (χ4n) is 3.31. The number of rotatable bonds is 2. The van der Waals surface area contributed by atoms with Crippen LogP contribution in [0.25, 0.3) is 10.9 Å². The predicted molar refractivity (Wildman–Crippen MR) is 96.0 cm³/mol. The Morgan fingerprint density at radius 1 is 1.21 bits per heavy atom. The molecule has 0 radical (unpaired) electrons. The van der Waals surface area contributed by atoms with Crippen molar-refractivity contribution in [1.82, 2.24) is 4.57 Å². The molecule has 3 aromatic rings. The SMILES string of the molecule is C[C@H]1Cc2cccc3c(=O)c(C(=O)Nc4ccc(Cl)cc4)cn1c23. The van der Waals surface area contributed by atoms with Gasteiger partial charge in [0, 0.05) is 28.3 Å². The molecule has 5 heteroatoms. The number of para-hydroxylation sites is 1. The summed E-state index contributed by atoms with van der Waals surface area (Å²) in [6.45, 7) is 2.09. The van der Waals surface area contributed by atoms with Gasteiger partial charge in [0.15, 0.2) is 0 Å². The zero-order valence-electron chi connectivity index (χ0n) is 13.0. The average Bonchev–Trinajstić information content (AvgIpc) is 2.89. The van der Waals surface area contributed by atoms with Crippen LogP contribution in [0.1, 0.15) is 28.9 Å². The van der Waals surface area contributed by atoms with Crippen molar-refractivity contribution in [2.24, 2.45) is 0 Å². The third-order valence-corrected chi connectivity index (χ3v) is 4.72. The van der Waals surface area contributed by atoms with Crippen LogP contribution in [0, 0.1) is 0 Å². The Balaban J connectivity index is 1.81. The fourth-order valence-corrected chi connectivity index (χ4v) is 3.44. The maximum Gasteiger partial charge on any atom is 0.261 e. The average molecular weight is 339 g/mol. The van der Waals surface area contributed by atoms with E-state index in [1.807, 2.05) is 16.7 Å². The lowest BCUT2D eigenvalue weighted by Crippen LogP contribution is -2.23. The molecule has 120 valence electrons. The van der Waals surface area contributed by atoms with Gasteiger partial charge in [0.2, 0.25) is 5.43 Å². The van der Waals surface area contributed by atoms with E-state index in [2.05, 4.69) is 12.2 Å². The van der Waals surface area contributed by atoms with Gasteiger partial charge in [-0.05, 0) is 49.2 Å². The number of anilines is 1. The Morgan fingerprint density at radius 2 is 1.96 bits per heavy atom. The first-order chi connectivity index (χ1) is 11.5. The largest absolute Gasteiger partial charge is 0.343 e. The summed E-state index contributed by atoms with van der Waals surface area (Å²) >= 11 is 5.85. The maximum absolute atomic E-state index is 12.8. The normalized spacial score (nSPS) is 15.7. The molecule has 0 fully saturated rings. The van der Waals surface area contributed by atoms with Crippen molar-refractivity contribution in [3.05, 3.63) is 75.0 Å². The van der Waals surface area contributed by atoms with Gasteiger partial charge >= 0.3 is 0 Å². The van der Waals surface area contributed by atoms with Crippen molar-refractivity contribution in [3.8, 4) is 0 Å². The number of nitrogens with zero attached hydrogens (tertiary/aromatic N) is 1. The molecular weight excluding hydrogens is 324 g/mol. The summed E-state index contributed by atoms with van der Waals surface area (Å²) in [5.74, 6) is -0.405. The molecule has 24 heavy (non-hydrogen) atoms. The van der Waals surface area contributed by atoms with E-state index in [0.29, 0.717) is 16.1 Å². The van der Waals surface area contributed by atoms with Crippen molar-refractivity contribution in [2.75, 3.05) is 5.32 Å².